The normalized spacial score (nSPS) is 26.7. The van der Waals surface area contributed by atoms with E-state index in [-0.39, 0.29) is 6.04 Å². The molecule has 2 aliphatic rings. The van der Waals surface area contributed by atoms with Crippen LogP contribution < -0.4 is 5.14 Å². The van der Waals surface area contributed by atoms with Gasteiger partial charge in [0.25, 0.3) is 10.2 Å². The molecule has 2 rings (SSSR count). The van der Waals surface area contributed by atoms with E-state index in [0.717, 1.165) is 25.7 Å². The molecule has 7 heteroatoms. The standard InChI is InChI=1S/C9H18N2O4S/c1-11(16(10,12)13)8-2-4-9(5-3-8)14-6-7-15-9/h8H,2-7H2,1H3,(H2,10,12,13). The van der Waals surface area contributed by atoms with Crippen LogP contribution in [-0.2, 0) is 19.7 Å². The van der Waals surface area contributed by atoms with Gasteiger partial charge in [0.05, 0.1) is 13.2 Å². The molecule has 0 amide bonds. The van der Waals surface area contributed by atoms with Gasteiger partial charge in [0.15, 0.2) is 5.79 Å². The molecule has 0 bridgehead atoms. The zero-order valence-electron chi connectivity index (χ0n) is 9.39. The summed E-state index contributed by atoms with van der Waals surface area (Å²) in [5.41, 5.74) is 0. The van der Waals surface area contributed by atoms with E-state index in [1.165, 1.54) is 11.4 Å². The smallest absolute Gasteiger partial charge is 0.276 e. The van der Waals surface area contributed by atoms with Crippen LogP contribution >= 0.6 is 0 Å². The fraction of sp³-hybridized carbons (Fsp3) is 1.00. The monoisotopic (exact) mass is 250 g/mol. The molecule has 2 N–H and O–H groups in total. The molecule has 0 aromatic rings. The van der Waals surface area contributed by atoms with Crippen LogP contribution in [0, 0.1) is 0 Å². The van der Waals surface area contributed by atoms with Gasteiger partial charge in [-0.05, 0) is 12.8 Å². The fourth-order valence-electron chi connectivity index (χ4n) is 2.40. The maximum atomic E-state index is 11.2. The molecule has 0 radical (unpaired) electrons. The fourth-order valence-corrected chi connectivity index (χ4v) is 3.03. The van der Waals surface area contributed by atoms with Crippen molar-refractivity contribution >= 4 is 10.2 Å². The van der Waals surface area contributed by atoms with Gasteiger partial charge in [-0.15, -0.1) is 0 Å². The van der Waals surface area contributed by atoms with E-state index in [1.807, 2.05) is 0 Å². The van der Waals surface area contributed by atoms with Crippen molar-refractivity contribution in [1.82, 2.24) is 4.31 Å². The Morgan fingerprint density at radius 2 is 1.75 bits per heavy atom. The van der Waals surface area contributed by atoms with E-state index in [9.17, 15) is 8.42 Å². The van der Waals surface area contributed by atoms with Crippen molar-refractivity contribution in [1.29, 1.82) is 0 Å². The molecule has 0 aromatic heterocycles. The molecule has 6 nitrogen and oxygen atoms in total. The molecular weight excluding hydrogens is 232 g/mol. The van der Waals surface area contributed by atoms with Crippen molar-refractivity contribution in [2.75, 3.05) is 20.3 Å². The predicted molar refractivity (Wildman–Crippen MR) is 57.8 cm³/mol. The molecular formula is C9H18N2O4S. The summed E-state index contributed by atoms with van der Waals surface area (Å²) in [6, 6.07) is -0.0339. The van der Waals surface area contributed by atoms with E-state index in [2.05, 4.69) is 0 Å². The highest BCUT2D eigenvalue weighted by atomic mass is 32.2. The largest absolute Gasteiger partial charge is 0.348 e. The van der Waals surface area contributed by atoms with Gasteiger partial charge in [0, 0.05) is 25.9 Å². The van der Waals surface area contributed by atoms with E-state index < -0.39 is 16.0 Å². The van der Waals surface area contributed by atoms with Crippen LogP contribution in [0.1, 0.15) is 25.7 Å². The van der Waals surface area contributed by atoms with Crippen LogP contribution in [0.2, 0.25) is 0 Å². The number of hydrogen-bond acceptors (Lipinski definition) is 4. The topological polar surface area (TPSA) is 81.9 Å². The number of ether oxygens (including phenoxy) is 2. The van der Waals surface area contributed by atoms with Crippen LogP contribution in [0.25, 0.3) is 0 Å². The summed E-state index contributed by atoms with van der Waals surface area (Å²) in [6.07, 6.45) is 2.93. The van der Waals surface area contributed by atoms with Crippen LogP contribution in [0.4, 0.5) is 0 Å². The third-order valence-corrected chi connectivity index (χ3v) is 4.55. The van der Waals surface area contributed by atoms with Crippen LogP contribution in [0.5, 0.6) is 0 Å². The summed E-state index contributed by atoms with van der Waals surface area (Å²) in [6.45, 7) is 1.27. The minimum atomic E-state index is -3.59. The van der Waals surface area contributed by atoms with E-state index in [4.69, 9.17) is 14.6 Å². The van der Waals surface area contributed by atoms with Crippen molar-refractivity contribution in [2.24, 2.45) is 5.14 Å². The summed E-state index contributed by atoms with van der Waals surface area (Å²) < 4.78 is 34.8. The van der Waals surface area contributed by atoms with Gasteiger partial charge in [0.1, 0.15) is 0 Å². The Kier molecular flexibility index (Phi) is 3.24. The Morgan fingerprint density at radius 1 is 1.25 bits per heavy atom. The highest BCUT2D eigenvalue weighted by Gasteiger charge is 2.42. The molecule has 1 saturated carbocycles. The maximum absolute atomic E-state index is 11.2. The van der Waals surface area contributed by atoms with Gasteiger partial charge >= 0.3 is 0 Å². The van der Waals surface area contributed by atoms with Crippen molar-refractivity contribution in [3.63, 3.8) is 0 Å². The molecule has 0 atom stereocenters. The van der Waals surface area contributed by atoms with Gasteiger partial charge in [-0.1, -0.05) is 0 Å². The molecule has 94 valence electrons. The second kappa shape index (κ2) is 4.23. The van der Waals surface area contributed by atoms with E-state index >= 15 is 0 Å². The second-order valence-electron chi connectivity index (χ2n) is 4.40. The second-order valence-corrected chi connectivity index (χ2v) is 6.01. The number of rotatable bonds is 2. The summed E-state index contributed by atoms with van der Waals surface area (Å²) in [7, 11) is -2.06. The lowest BCUT2D eigenvalue weighted by atomic mass is 9.90. The Labute approximate surface area is 95.9 Å². The SMILES string of the molecule is CN(C1CCC2(CC1)OCCO2)S(N)(=O)=O. The van der Waals surface area contributed by atoms with Crippen molar-refractivity contribution in [2.45, 2.75) is 37.5 Å². The Morgan fingerprint density at radius 3 is 2.19 bits per heavy atom. The summed E-state index contributed by atoms with van der Waals surface area (Å²) in [5.74, 6) is -0.449. The molecule has 1 aliphatic carbocycles. The highest BCUT2D eigenvalue weighted by Crippen LogP contribution is 2.37. The zero-order chi connectivity index (χ0) is 11.8. The maximum Gasteiger partial charge on any atom is 0.276 e. The highest BCUT2D eigenvalue weighted by molar-refractivity contribution is 7.86. The van der Waals surface area contributed by atoms with Crippen molar-refractivity contribution < 1.29 is 17.9 Å². The lowest BCUT2D eigenvalue weighted by Crippen LogP contribution is -2.46. The lowest BCUT2D eigenvalue weighted by molar-refractivity contribution is -0.181. The first-order valence-corrected chi connectivity index (χ1v) is 6.97. The van der Waals surface area contributed by atoms with Gasteiger partial charge in [0.2, 0.25) is 0 Å². The zero-order valence-corrected chi connectivity index (χ0v) is 10.2. The molecule has 2 fully saturated rings. The summed E-state index contributed by atoms with van der Waals surface area (Å²) in [4.78, 5) is 0. The third-order valence-electron chi connectivity index (χ3n) is 3.45. The molecule has 1 saturated heterocycles. The minimum Gasteiger partial charge on any atom is -0.348 e. The first-order valence-electron chi connectivity index (χ1n) is 5.47. The first kappa shape index (κ1) is 12.3. The van der Waals surface area contributed by atoms with Gasteiger partial charge < -0.3 is 9.47 Å². The quantitative estimate of drug-likeness (QED) is 0.736. The van der Waals surface area contributed by atoms with Crippen LogP contribution in [-0.4, -0.2) is 44.8 Å². The van der Waals surface area contributed by atoms with Crippen molar-refractivity contribution in [3.05, 3.63) is 0 Å². The average molecular weight is 250 g/mol. The Hall–Kier alpha value is -0.210. The van der Waals surface area contributed by atoms with Crippen LogP contribution in [0.3, 0.4) is 0 Å². The Balaban J connectivity index is 1.95. The van der Waals surface area contributed by atoms with Gasteiger partial charge in [-0.2, -0.15) is 12.7 Å². The average Bonchev–Trinajstić information content (AvgIpc) is 2.66. The number of nitrogens with two attached hydrogens (primary N) is 1. The number of hydrogen-bond donors (Lipinski definition) is 1. The Bertz CT molecular complexity index is 341. The lowest BCUT2D eigenvalue weighted by Gasteiger charge is -2.37. The molecule has 16 heavy (non-hydrogen) atoms. The molecule has 0 unspecified atom stereocenters. The molecule has 1 spiro atoms. The first-order chi connectivity index (χ1) is 7.43. The molecule has 1 aliphatic heterocycles. The van der Waals surface area contributed by atoms with Gasteiger partial charge in [-0.25, -0.2) is 5.14 Å². The molecule has 0 aromatic carbocycles. The van der Waals surface area contributed by atoms with Gasteiger partial charge in [-0.3, -0.25) is 0 Å². The van der Waals surface area contributed by atoms with Crippen molar-refractivity contribution in [3.8, 4) is 0 Å². The third kappa shape index (κ3) is 2.38. The predicted octanol–water partition coefficient (Wildman–Crippen LogP) is -0.193. The minimum absolute atomic E-state index is 0.0339. The summed E-state index contributed by atoms with van der Waals surface area (Å²) >= 11 is 0. The van der Waals surface area contributed by atoms with E-state index in [1.54, 1.807) is 0 Å². The summed E-state index contributed by atoms with van der Waals surface area (Å²) in [5, 5.41) is 5.09. The molecule has 1 heterocycles. The van der Waals surface area contributed by atoms with Crippen LogP contribution in [0.15, 0.2) is 0 Å². The number of nitrogens with zero attached hydrogens (tertiary/aromatic N) is 1. The van der Waals surface area contributed by atoms with E-state index in [0.29, 0.717) is 13.2 Å².